The Morgan fingerprint density at radius 1 is 1.00 bits per heavy atom. The van der Waals surface area contributed by atoms with E-state index in [9.17, 15) is 0 Å². The molecule has 0 unspecified atom stereocenters. The number of furan rings is 1. The van der Waals surface area contributed by atoms with Crippen LogP contribution in [0.4, 0.5) is 5.69 Å². The molecular formula is C15H18BNO. The fourth-order valence-electron chi connectivity index (χ4n) is 2.97. The predicted molar refractivity (Wildman–Crippen MR) is 77.3 cm³/mol. The number of nitrogens with zero attached hydrogens (tertiary/aromatic N) is 1. The van der Waals surface area contributed by atoms with Gasteiger partial charge in [-0.2, -0.15) is 0 Å². The van der Waals surface area contributed by atoms with Crippen molar-refractivity contribution in [2.45, 2.75) is 31.9 Å². The van der Waals surface area contributed by atoms with Gasteiger partial charge >= 0.3 is 0 Å². The highest BCUT2D eigenvalue weighted by Crippen LogP contribution is 2.28. The molecule has 1 aromatic carbocycles. The first-order chi connectivity index (χ1) is 8.90. The molecule has 2 aliphatic heterocycles. The van der Waals surface area contributed by atoms with Gasteiger partial charge in [-0.3, -0.25) is 0 Å². The Hall–Kier alpha value is -1.38. The van der Waals surface area contributed by atoms with E-state index in [1.807, 2.05) is 0 Å². The monoisotopic (exact) mass is 239 g/mol. The van der Waals surface area contributed by atoms with Gasteiger partial charge in [0, 0.05) is 24.2 Å². The molecule has 2 saturated heterocycles. The predicted octanol–water partition coefficient (Wildman–Crippen LogP) is 3.14. The van der Waals surface area contributed by atoms with Crippen LogP contribution >= 0.6 is 0 Å². The standard InChI is InChI=1S/C15H18BNO/c1-2-8-17(9-3-1)13-4-5-14-12(10-13)11-15(18-14)16-6-7-16/h4-5,10-11H,1-3,6-9H2. The molecular weight excluding hydrogens is 221 g/mol. The minimum Gasteiger partial charge on any atom is -0.471 e. The van der Waals surface area contributed by atoms with Crippen LogP contribution in [0.15, 0.2) is 28.7 Å². The van der Waals surface area contributed by atoms with Crippen LogP contribution in [-0.4, -0.2) is 19.8 Å². The zero-order valence-electron chi connectivity index (χ0n) is 10.7. The summed E-state index contributed by atoms with van der Waals surface area (Å²) >= 11 is 0. The number of anilines is 1. The van der Waals surface area contributed by atoms with E-state index in [0.29, 0.717) is 6.71 Å². The Labute approximate surface area is 108 Å². The van der Waals surface area contributed by atoms with Gasteiger partial charge in [-0.15, -0.1) is 0 Å². The molecule has 92 valence electrons. The van der Waals surface area contributed by atoms with Crippen molar-refractivity contribution in [3.63, 3.8) is 0 Å². The third kappa shape index (κ3) is 1.82. The highest BCUT2D eigenvalue weighted by atomic mass is 16.3. The Morgan fingerprint density at radius 2 is 1.83 bits per heavy atom. The third-order valence-corrected chi connectivity index (χ3v) is 4.22. The van der Waals surface area contributed by atoms with Crippen molar-refractivity contribution in [1.29, 1.82) is 0 Å². The van der Waals surface area contributed by atoms with Gasteiger partial charge in [-0.05, 0) is 43.5 Å². The average molecular weight is 239 g/mol. The number of rotatable bonds is 2. The van der Waals surface area contributed by atoms with E-state index in [0.717, 1.165) is 5.58 Å². The van der Waals surface area contributed by atoms with Crippen LogP contribution in [0.3, 0.4) is 0 Å². The zero-order chi connectivity index (χ0) is 11.9. The molecule has 0 amide bonds. The Kier molecular flexibility index (Phi) is 2.39. The smallest absolute Gasteiger partial charge is 0.221 e. The quantitative estimate of drug-likeness (QED) is 0.748. The van der Waals surface area contributed by atoms with E-state index in [1.54, 1.807) is 0 Å². The second-order valence-corrected chi connectivity index (χ2v) is 5.69. The van der Waals surface area contributed by atoms with Crippen molar-refractivity contribution in [2.24, 2.45) is 0 Å². The van der Waals surface area contributed by atoms with Crippen molar-refractivity contribution in [1.82, 2.24) is 0 Å². The average Bonchev–Trinajstić information content (AvgIpc) is 3.19. The van der Waals surface area contributed by atoms with Gasteiger partial charge in [0.1, 0.15) is 5.58 Å². The summed E-state index contributed by atoms with van der Waals surface area (Å²) < 4.78 is 5.92. The summed E-state index contributed by atoms with van der Waals surface area (Å²) in [5, 5.41) is 1.28. The lowest BCUT2D eigenvalue weighted by Crippen LogP contribution is -2.29. The molecule has 0 atom stereocenters. The molecule has 0 radical (unpaired) electrons. The lowest BCUT2D eigenvalue weighted by molar-refractivity contribution is 0.578. The summed E-state index contributed by atoms with van der Waals surface area (Å²) in [6.07, 6.45) is 6.65. The molecule has 2 aliphatic rings. The van der Waals surface area contributed by atoms with E-state index in [-0.39, 0.29) is 0 Å². The van der Waals surface area contributed by atoms with Crippen molar-refractivity contribution >= 4 is 29.0 Å². The molecule has 18 heavy (non-hydrogen) atoms. The number of fused-ring (bicyclic) bond motifs is 1. The lowest BCUT2D eigenvalue weighted by Gasteiger charge is -2.28. The minimum atomic E-state index is 0.704. The molecule has 2 aromatic rings. The normalized spacial score (nSPS) is 19.6. The minimum absolute atomic E-state index is 0.704. The van der Waals surface area contributed by atoms with Crippen LogP contribution in [-0.2, 0) is 0 Å². The van der Waals surface area contributed by atoms with Crippen LogP contribution in [0.5, 0.6) is 0 Å². The maximum absolute atomic E-state index is 5.92. The second-order valence-electron chi connectivity index (χ2n) is 5.69. The van der Waals surface area contributed by atoms with Gasteiger partial charge in [0.2, 0.25) is 6.71 Å². The van der Waals surface area contributed by atoms with Gasteiger partial charge in [0.25, 0.3) is 0 Å². The Morgan fingerprint density at radius 3 is 2.61 bits per heavy atom. The zero-order valence-corrected chi connectivity index (χ0v) is 10.7. The van der Waals surface area contributed by atoms with Crippen molar-refractivity contribution < 1.29 is 4.42 Å². The maximum atomic E-state index is 5.92. The van der Waals surface area contributed by atoms with Crippen LogP contribution in [0.25, 0.3) is 11.0 Å². The summed E-state index contributed by atoms with van der Waals surface area (Å²) in [7, 11) is 0. The first-order valence-corrected chi connectivity index (χ1v) is 7.18. The highest BCUT2D eigenvalue weighted by molar-refractivity contribution is 6.81. The fourth-order valence-corrected chi connectivity index (χ4v) is 2.97. The highest BCUT2D eigenvalue weighted by Gasteiger charge is 2.32. The molecule has 3 heterocycles. The van der Waals surface area contributed by atoms with Crippen molar-refractivity contribution in [2.75, 3.05) is 18.0 Å². The molecule has 0 spiro atoms. The van der Waals surface area contributed by atoms with Crippen LogP contribution < -0.4 is 10.6 Å². The van der Waals surface area contributed by atoms with Gasteiger partial charge in [0.15, 0.2) is 0 Å². The van der Waals surface area contributed by atoms with Gasteiger partial charge in [0.05, 0.1) is 5.66 Å². The van der Waals surface area contributed by atoms with Crippen LogP contribution in [0, 0.1) is 0 Å². The molecule has 1 aromatic heterocycles. The molecule has 2 nitrogen and oxygen atoms in total. The van der Waals surface area contributed by atoms with E-state index < -0.39 is 0 Å². The first kappa shape index (κ1) is 10.5. The summed E-state index contributed by atoms with van der Waals surface area (Å²) in [6.45, 7) is 3.12. The molecule has 3 heteroatoms. The molecule has 4 rings (SSSR count). The van der Waals surface area contributed by atoms with E-state index in [2.05, 4.69) is 29.2 Å². The fraction of sp³-hybridized carbons (Fsp3) is 0.467. The number of hydrogen-bond donors (Lipinski definition) is 0. The molecule has 0 N–H and O–H groups in total. The summed E-state index contributed by atoms with van der Waals surface area (Å²) in [6, 6.07) is 8.91. The van der Waals surface area contributed by atoms with E-state index in [4.69, 9.17) is 4.42 Å². The number of benzene rings is 1. The van der Waals surface area contributed by atoms with Gasteiger partial charge in [-0.1, -0.05) is 12.6 Å². The van der Waals surface area contributed by atoms with Crippen LogP contribution in [0.2, 0.25) is 12.6 Å². The van der Waals surface area contributed by atoms with Crippen LogP contribution in [0.1, 0.15) is 19.3 Å². The second kappa shape index (κ2) is 4.08. The number of hydrogen-bond acceptors (Lipinski definition) is 2. The molecule has 2 fully saturated rings. The maximum Gasteiger partial charge on any atom is 0.221 e. The van der Waals surface area contributed by atoms with Gasteiger partial charge in [-0.25, -0.2) is 0 Å². The topological polar surface area (TPSA) is 16.4 Å². The largest absolute Gasteiger partial charge is 0.471 e. The third-order valence-electron chi connectivity index (χ3n) is 4.22. The van der Waals surface area contributed by atoms with E-state index in [1.165, 1.54) is 61.7 Å². The molecule has 0 aliphatic carbocycles. The summed E-state index contributed by atoms with van der Waals surface area (Å²) in [5.41, 5.74) is 3.61. The van der Waals surface area contributed by atoms with Crippen molar-refractivity contribution in [3.8, 4) is 0 Å². The summed E-state index contributed by atoms with van der Waals surface area (Å²) in [5.74, 6) is 0. The molecule has 0 bridgehead atoms. The van der Waals surface area contributed by atoms with Gasteiger partial charge < -0.3 is 9.32 Å². The SMILES string of the molecule is c1cc2oc(B3CC3)cc2cc1N1CCCCC1. The first-order valence-electron chi connectivity index (χ1n) is 7.18. The number of piperidine rings is 1. The Balaban J connectivity index is 1.69. The van der Waals surface area contributed by atoms with Crippen molar-refractivity contribution in [3.05, 3.63) is 24.3 Å². The van der Waals surface area contributed by atoms with E-state index >= 15 is 0 Å². The lowest BCUT2D eigenvalue weighted by atomic mass is 9.68. The molecule has 0 saturated carbocycles. The summed E-state index contributed by atoms with van der Waals surface area (Å²) in [4.78, 5) is 2.51. The Bertz CT molecular complexity index is 567.